The van der Waals surface area contributed by atoms with E-state index in [1.165, 1.54) is 25.3 Å². The summed E-state index contributed by atoms with van der Waals surface area (Å²) in [6.07, 6.45) is 0. The molecule has 0 aliphatic rings. The largest absolute Gasteiger partial charge is 0.497 e. The number of hydrogen-bond donors (Lipinski definition) is 1. The number of methoxy groups -OCH3 is 1. The number of carbonyl (C=O) groups excluding carboxylic acids is 1. The Kier molecular flexibility index (Phi) is 3.06. The predicted octanol–water partition coefficient (Wildman–Crippen LogP) is 2.74. The summed E-state index contributed by atoms with van der Waals surface area (Å²) in [6.45, 7) is 0. The van der Waals surface area contributed by atoms with Crippen molar-refractivity contribution in [3.8, 4) is 17.2 Å². The minimum Gasteiger partial charge on any atom is -0.497 e. The number of fused-ring (bicyclic) bond motifs is 1. The highest BCUT2D eigenvalue weighted by Gasteiger charge is 2.12. The summed E-state index contributed by atoms with van der Waals surface area (Å²) in [7, 11) is 1.45. The highest BCUT2D eigenvalue weighted by molar-refractivity contribution is 5.96. The standard InChI is InChI=1S/C15H11FN2O3/c1-20-11-5-9(4-10(16)7-11)15-18-12-3-2-8(14(17)19)6-13(12)21-15/h2-7H,1H3,(H2,17,19). The van der Waals surface area contributed by atoms with E-state index in [1.807, 2.05) is 0 Å². The van der Waals surface area contributed by atoms with E-state index < -0.39 is 11.7 Å². The minimum absolute atomic E-state index is 0.240. The van der Waals surface area contributed by atoms with E-state index >= 15 is 0 Å². The lowest BCUT2D eigenvalue weighted by atomic mass is 10.2. The second-order valence-corrected chi connectivity index (χ2v) is 4.45. The van der Waals surface area contributed by atoms with Gasteiger partial charge in [-0.25, -0.2) is 9.37 Å². The van der Waals surface area contributed by atoms with Crippen LogP contribution in [0.4, 0.5) is 4.39 Å². The zero-order chi connectivity index (χ0) is 15.0. The zero-order valence-corrected chi connectivity index (χ0v) is 11.1. The topological polar surface area (TPSA) is 78.4 Å². The minimum atomic E-state index is -0.553. The summed E-state index contributed by atoms with van der Waals surface area (Å²) in [5.41, 5.74) is 6.94. The first-order valence-corrected chi connectivity index (χ1v) is 6.12. The summed E-state index contributed by atoms with van der Waals surface area (Å²) in [5, 5.41) is 0. The van der Waals surface area contributed by atoms with Gasteiger partial charge in [-0.15, -0.1) is 0 Å². The lowest BCUT2D eigenvalue weighted by Crippen LogP contribution is -2.10. The highest BCUT2D eigenvalue weighted by atomic mass is 19.1. The fourth-order valence-corrected chi connectivity index (χ4v) is 2.01. The molecule has 1 aromatic heterocycles. The van der Waals surface area contributed by atoms with Crippen LogP contribution in [0.3, 0.4) is 0 Å². The van der Waals surface area contributed by atoms with Crippen molar-refractivity contribution in [1.29, 1.82) is 0 Å². The summed E-state index contributed by atoms with van der Waals surface area (Å²) in [4.78, 5) is 15.4. The number of ether oxygens (including phenoxy) is 1. The Morgan fingerprint density at radius 1 is 1.29 bits per heavy atom. The quantitative estimate of drug-likeness (QED) is 0.803. The third-order valence-electron chi connectivity index (χ3n) is 3.03. The van der Waals surface area contributed by atoms with Crippen LogP contribution >= 0.6 is 0 Å². The number of rotatable bonds is 3. The van der Waals surface area contributed by atoms with Gasteiger partial charge >= 0.3 is 0 Å². The smallest absolute Gasteiger partial charge is 0.248 e. The van der Waals surface area contributed by atoms with Gasteiger partial charge in [-0.1, -0.05) is 0 Å². The van der Waals surface area contributed by atoms with E-state index in [2.05, 4.69) is 4.98 Å². The Labute approximate surface area is 119 Å². The fraction of sp³-hybridized carbons (Fsp3) is 0.0667. The van der Waals surface area contributed by atoms with Gasteiger partial charge in [0.1, 0.15) is 17.1 Å². The molecule has 21 heavy (non-hydrogen) atoms. The van der Waals surface area contributed by atoms with Crippen molar-refractivity contribution in [2.75, 3.05) is 7.11 Å². The number of carbonyl (C=O) groups is 1. The van der Waals surface area contributed by atoms with E-state index in [9.17, 15) is 9.18 Å². The van der Waals surface area contributed by atoms with Crippen LogP contribution in [-0.4, -0.2) is 18.0 Å². The van der Waals surface area contributed by atoms with Gasteiger partial charge < -0.3 is 14.9 Å². The second-order valence-electron chi connectivity index (χ2n) is 4.45. The maximum atomic E-state index is 13.5. The number of nitrogens with two attached hydrogens (primary N) is 1. The first kappa shape index (κ1) is 13.1. The SMILES string of the molecule is COc1cc(F)cc(-c2nc3ccc(C(N)=O)cc3o2)c1. The summed E-state index contributed by atoms with van der Waals surface area (Å²) >= 11 is 0. The van der Waals surface area contributed by atoms with Crippen LogP contribution in [0.5, 0.6) is 5.75 Å². The number of nitrogens with zero attached hydrogens (tertiary/aromatic N) is 1. The van der Waals surface area contributed by atoms with E-state index in [1.54, 1.807) is 18.2 Å². The summed E-state index contributed by atoms with van der Waals surface area (Å²) < 4.78 is 24.1. The fourth-order valence-electron chi connectivity index (χ4n) is 2.01. The van der Waals surface area contributed by atoms with Gasteiger partial charge in [0.05, 0.1) is 7.11 Å². The van der Waals surface area contributed by atoms with Crippen molar-refractivity contribution in [1.82, 2.24) is 4.98 Å². The lowest BCUT2D eigenvalue weighted by molar-refractivity contribution is 0.100. The van der Waals surface area contributed by atoms with E-state index in [0.29, 0.717) is 28.0 Å². The molecule has 1 amide bonds. The van der Waals surface area contributed by atoms with Crippen molar-refractivity contribution in [3.63, 3.8) is 0 Å². The Morgan fingerprint density at radius 3 is 2.81 bits per heavy atom. The average molecular weight is 286 g/mol. The zero-order valence-electron chi connectivity index (χ0n) is 11.1. The molecule has 0 bridgehead atoms. The van der Waals surface area contributed by atoms with E-state index in [4.69, 9.17) is 14.9 Å². The molecular formula is C15H11FN2O3. The molecular weight excluding hydrogens is 275 g/mol. The molecule has 0 radical (unpaired) electrons. The number of oxazole rings is 1. The van der Waals surface area contributed by atoms with Crippen LogP contribution in [0.2, 0.25) is 0 Å². The van der Waals surface area contributed by atoms with Crippen LogP contribution in [0.1, 0.15) is 10.4 Å². The lowest BCUT2D eigenvalue weighted by Gasteiger charge is -2.01. The number of hydrogen-bond acceptors (Lipinski definition) is 4. The molecule has 0 fully saturated rings. The van der Waals surface area contributed by atoms with E-state index in [-0.39, 0.29) is 5.89 Å². The Bertz CT molecular complexity index is 842. The number of aromatic nitrogens is 1. The van der Waals surface area contributed by atoms with Crippen molar-refractivity contribution < 1.29 is 18.3 Å². The Hall–Kier alpha value is -2.89. The monoisotopic (exact) mass is 286 g/mol. The summed E-state index contributed by atoms with van der Waals surface area (Å²) in [6, 6.07) is 8.86. The first-order chi connectivity index (χ1) is 10.1. The Morgan fingerprint density at radius 2 is 2.10 bits per heavy atom. The van der Waals surface area contributed by atoms with Crippen molar-refractivity contribution >= 4 is 17.0 Å². The number of amides is 1. The van der Waals surface area contributed by atoms with Crippen LogP contribution in [-0.2, 0) is 0 Å². The number of halogens is 1. The van der Waals surface area contributed by atoms with Crippen LogP contribution < -0.4 is 10.5 Å². The molecule has 2 aromatic carbocycles. The third kappa shape index (κ3) is 2.43. The average Bonchev–Trinajstić information content (AvgIpc) is 2.89. The molecule has 0 saturated carbocycles. The number of primary amides is 1. The third-order valence-corrected chi connectivity index (χ3v) is 3.03. The maximum absolute atomic E-state index is 13.5. The van der Waals surface area contributed by atoms with Crippen molar-refractivity contribution in [2.45, 2.75) is 0 Å². The molecule has 0 unspecified atom stereocenters. The molecule has 5 nitrogen and oxygen atoms in total. The molecule has 2 N–H and O–H groups in total. The number of benzene rings is 2. The molecule has 0 saturated heterocycles. The van der Waals surface area contributed by atoms with E-state index in [0.717, 1.165) is 0 Å². The molecule has 1 heterocycles. The van der Waals surface area contributed by atoms with Gasteiger partial charge in [0.2, 0.25) is 11.8 Å². The molecule has 3 aromatic rings. The maximum Gasteiger partial charge on any atom is 0.248 e. The van der Waals surface area contributed by atoms with Gasteiger partial charge in [0.15, 0.2) is 5.58 Å². The Balaban J connectivity index is 2.12. The van der Waals surface area contributed by atoms with Crippen molar-refractivity contribution in [3.05, 3.63) is 47.8 Å². The molecule has 0 aliphatic heterocycles. The molecule has 3 rings (SSSR count). The van der Waals surface area contributed by atoms with Crippen LogP contribution in [0.25, 0.3) is 22.6 Å². The molecule has 6 heteroatoms. The van der Waals surface area contributed by atoms with Gasteiger partial charge in [0, 0.05) is 17.2 Å². The molecule has 0 atom stereocenters. The van der Waals surface area contributed by atoms with Crippen molar-refractivity contribution in [2.24, 2.45) is 5.73 Å². The first-order valence-electron chi connectivity index (χ1n) is 6.12. The van der Waals surface area contributed by atoms with Crippen LogP contribution in [0, 0.1) is 5.82 Å². The van der Waals surface area contributed by atoms with Gasteiger partial charge in [-0.2, -0.15) is 0 Å². The van der Waals surface area contributed by atoms with Gasteiger partial charge in [-0.05, 0) is 30.3 Å². The molecule has 106 valence electrons. The van der Waals surface area contributed by atoms with Gasteiger partial charge in [-0.3, -0.25) is 4.79 Å². The van der Waals surface area contributed by atoms with Gasteiger partial charge in [0.25, 0.3) is 0 Å². The normalized spacial score (nSPS) is 10.8. The summed E-state index contributed by atoms with van der Waals surface area (Å²) in [5.74, 6) is -0.402. The second kappa shape index (κ2) is 4.90. The molecule has 0 spiro atoms. The predicted molar refractivity (Wildman–Crippen MR) is 74.5 cm³/mol. The molecule has 0 aliphatic carbocycles. The van der Waals surface area contributed by atoms with Crippen LogP contribution in [0.15, 0.2) is 40.8 Å². The highest BCUT2D eigenvalue weighted by Crippen LogP contribution is 2.28.